The first-order valence-electron chi connectivity index (χ1n) is 13.0. The Morgan fingerprint density at radius 3 is 2.49 bits per heavy atom. The van der Waals surface area contributed by atoms with Crippen LogP contribution in [0.4, 0.5) is 11.4 Å². The molecular weight excluding hydrogens is 498 g/mol. The smallest absolute Gasteiger partial charge is 0.269 e. The van der Waals surface area contributed by atoms with Gasteiger partial charge >= 0.3 is 0 Å². The number of hydrogen-bond donors (Lipinski definition) is 1. The number of amides is 1. The standard InChI is InChI=1S/C30H29N3O6/c1-17-6-12-22-21(15-17)30(29(35)31-22)27(28(34)19-9-13-24(38-2)25(16-19)39-3)26(23-5-4-14-32(23)30)18-7-10-20(11-8-18)33(36)37/h6-13,15-16,23,26-27H,4-5,14H2,1-3H3,(H,31,35)/t23?,26?,27?,30-/m1/s1. The van der Waals surface area contributed by atoms with Crippen LogP contribution in [0.3, 0.4) is 0 Å². The molecule has 3 aliphatic heterocycles. The number of carbonyl (C=O) groups excluding carboxylic acids is 2. The number of fused-ring (bicyclic) bond motifs is 4. The molecule has 1 N–H and O–H groups in total. The van der Waals surface area contributed by atoms with E-state index in [0.717, 1.165) is 29.5 Å². The highest BCUT2D eigenvalue weighted by atomic mass is 16.6. The van der Waals surface area contributed by atoms with Crippen LogP contribution >= 0.6 is 0 Å². The van der Waals surface area contributed by atoms with Crippen LogP contribution in [0.5, 0.6) is 11.5 Å². The lowest BCUT2D eigenvalue weighted by Crippen LogP contribution is -2.52. The van der Waals surface area contributed by atoms with Gasteiger partial charge in [-0.1, -0.05) is 29.8 Å². The van der Waals surface area contributed by atoms with Crippen molar-refractivity contribution in [1.29, 1.82) is 0 Å². The lowest BCUT2D eigenvalue weighted by atomic mass is 9.68. The number of aryl methyl sites for hydroxylation is 1. The Balaban J connectivity index is 1.59. The first kappa shape index (κ1) is 25.1. The Labute approximate surface area is 225 Å². The van der Waals surface area contributed by atoms with Crippen molar-refractivity contribution in [3.05, 3.63) is 93.0 Å². The number of hydrogen-bond acceptors (Lipinski definition) is 7. The maximum Gasteiger partial charge on any atom is 0.269 e. The Hall–Kier alpha value is -4.24. The summed E-state index contributed by atoms with van der Waals surface area (Å²) in [5.41, 5.74) is 2.52. The van der Waals surface area contributed by atoms with Gasteiger partial charge in [0.2, 0.25) is 5.91 Å². The quantitative estimate of drug-likeness (QED) is 0.278. The summed E-state index contributed by atoms with van der Waals surface area (Å²) in [6.07, 6.45) is 1.70. The molecule has 1 spiro atoms. The van der Waals surface area contributed by atoms with Gasteiger partial charge in [-0.3, -0.25) is 24.6 Å². The summed E-state index contributed by atoms with van der Waals surface area (Å²) in [5, 5.41) is 14.4. The Morgan fingerprint density at radius 2 is 1.79 bits per heavy atom. The van der Waals surface area contributed by atoms with Crippen LogP contribution in [0.25, 0.3) is 0 Å². The van der Waals surface area contributed by atoms with E-state index in [4.69, 9.17) is 9.47 Å². The van der Waals surface area contributed by atoms with Crippen molar-refractivity contribution in [1.82, 2.24) is 4.90 Å². The second kappa shape index (κ2) is 9.20. The fourth-order valence-electron chi connectivity index (χ4n) is 7.04. The summed E-state index contributed by atoms with van der Waals surface area (Å²) >= 11 is 0. The molecule has 3 aromatic carbocycles. The number of methoxy groups -OCH3 is 2. The highest BCUT2D eigenvalue weighted by Gasteiger charge is 2.69. The fraction of sp³-hybridized carbons (Fsp3) is 0.333. The predicted molar refractivity (Wildman–Crippen MR) is 144 cm³/mol. The number of nitrogens with one attached hydrogen (secondary N) is 1. The molecular formula is C30H29N3O6. The van der Waals surface area contributed by atoms with Crippen LogP contribution in [-0.4, -0.2) is 48.3 Å². The largest absolute Gasteiger partial charge is 0.493 e. The molecule has 39 heavy (non-hydrogen) atoms. The molecule has 0 bridgehead atoms. The van der Waals surface area contributed by atoms with Crippen LogP contribution in [-0.2, 0) is 10.3 Å². The number of benzene rings is 3. The van der Waals surface area contributed by atoms with Gasteiger partial charge in [-0.05, 0) is 56.1 Å². The number of ether oxygens (including phenoxy) is 2. The summed E-state index contributed by atoms with van der Waals surface area (Å²) in [6, 6.07) is 17.3. The van der Waals surface area contributed by atoms with Crippen molar-refractivity contribution in [2.75, 3.05) is 26.1 Å². The minimum absolute atomic E-state index is 0.0166. The van der Waals surface area contributed by atoms with Crippen LogP contribution in [0.1, 0.15) is 45.8 Å². The topological polar surface area (TPSA) is 111 Å². The SMILES string of the molecule is COc1ccc(C(=O)C2C(c3ccc([N+](=O)[O-])cc3)C3CCCN3[C@@]23C(=O)Nc2ccc(C)cc23)cc1OC. The fourth-order valence-corrected chi connectivity index (χ4v) is 7.04. The van der Waals surface area contributed by atoms with Gasteiger partial charge in [-0.15, -0.1) is 0 Å². The number of nitro benzene ring substituents is 1. The van der Waals surface area contributed by atoms with Gasteiger partial charge in [0.15, 0.2) is 17.3 Å². The van der Waals surface area contributed by atoms with Crippen LogP contribution in [0.2, 0.25) is 0 Å². The van der Waals surface area contributed by atoms with Crippen LogP contribution in [0.15, 0.2) is 60.7 Å². The van der Waals surface area contributed by atoms with Gasteiger partial charge in [-0.25, -0.2) is 0 Å². The molecule has 9 nitrogen and oxygen atoms in total. The molecule has 3 heterocycles. The molecule has 0 aromatic heterocycles. The van der Waals surface area contributed by atoms with Gasteiger partial charge in [-0.2, -0.15) is 0 Å². The maximum absolute atomic E-state index is 14.7. The molecule has 3 aromatic rings. The number of anilines is 1. The third kappa shape index (κ3) is 3.56. The monoisotopic (exact) mass is 527 g/mol. The molecule has 0 aliphatic carbocycles. The van der Waals surface area contributed by atoms with Gasteiger partial charge < -0.3 is 14.8 Å². The lowest BCUT2D eigenvalue weighted by Gasteiger charge is -2.37. The number of ketones is 1. The minimum atomic E-state index is -1.21. The zero-order valence-electron chi connectivity index (χ0n) is 22.0. The average molecular weight is 528 g/mol. The van der Waals surface area contributed by atoms with E-state index in [1.165, 1.54) is 26.4 Å². The van der Waals surface area contributed by atoms with E-state index < -0.39 is 16.4 Å². The minimum Gasteiger partial charge on any atom is -0.493 e. The maximum atomic E-state index is 14.7. The second-order valence-corrected chi connectivity index (χ2v) is 10.5. The van der Waals surface area contributed by atoms with E-state index in [9.17, 15) is 19.7 Å². The van der Waals surface area contributed by atoms with Crippen LogP contribution < -0.4 is 14.8 Å². The van der Waals surface area contributed by atoms with Gasteiger partial charge in [0.1, 0.15) is 5.54 Å². The Morgan fingerprint density at radius 1 is 1.05 bits per heavy atom. The molecule has 3 unspecified atom stereocenters. The first-order valence-corrected chi connectivity index (χ1v) is 13.0. The highest BCUT2D eigenvalue weighted by Crippen LogP contribution is 2.61. The molecule has 200 valence electrons. The summed E-state index contributed by atoms with van der Waals surface area (Å²) in [5.74, 6) is -0.592. The number of rotatable bonds is 6. The second-order valence-electron chi connectivity index (χ2n) is 10.5. The number of Topliss-reactive ketones (excluding diaryl/α,β-unsaturated/α-hetero) is 1. The molecule has 1 amide bonds. The van der Waals surface area contributed by atoms with E-state index in [1.54, 1.807) is 30.3 Å². The van der Waals surface area contributed by atoms with Gasteiger partial charge in [0, 0.05) is 40.9 Å². The van der Waals surface area contributed by atoms with Gasteiger partial charge in [0.25, 0.3) is 5.69 Å². The summed E-state index contributed by atoms with van der Waals surface area (Å²) in [4.78, 5) is 42.0. The number of non-ortho nitro benzene ring substituents is 1. The average Bonchev–Trinajstić information content (AvgIpc) is 3.61. The van der Waals surface area contributed by atoms with E-state index in [0.29, 0.717) is 29.3 Å². The summed E-state index contributed by atoms with van der Waals surface area (Å²) in [6.45, 7) is 2.65. The first-order chi connectivity index (χ1) is 18.8. The van der Waals surface area contributed by atoms with Crippen molar-refractivity contribution in [3.63, 3.8) is 0 Å². The third-order valence-corrected chi connectivity index (χ3v) is 8.60. The molecule has 4 atom stereocenters. The molecule has 6 rings (SSSR count). The van der Waals surface area contributed by atoms with Crippen molar-refractivity contribution in [2.24, 2.45) is 5.92 Å². The zero-order chi connectivity index (χ0) is 27.5. The third-order valence-electron chi connectivity index (χ3n) is 8.60. The van der Waals surface area contributed by atoms with E-state index in [2.05, 4.69) is 10.2 Å². The summed E-state index contributed by atoms with van der Waals surface area (Å²) < 4.78 is 10.9. The van der Waals surface area contributed by atoms with Gasteiger partial charge in [0.05, 0.1) is 25.1 Å². The Bertz CT molecular complexity index is 1500. The zero-order valence-corrected chi connectivity index (χ0v) is 22.0. The van der Waals surface area contributed by atoms with E-state index in [-0.39, 0.29) is 29.3 Å². The van der Waals surface area contributed by atoms with Crippen molar-refractivity contribution >= 4 is 23.1 Å². The number of nitrogens with zero attached hydrogens (tertiary/aromatic N) is 2. The predicted octanol–water partition coefficient (Wildman–Crippen LogP) is 4.83. The van der Waals surface area contributed by atoms with Crippen molar-refractivity contribution < 1.29 is 24.0 Å². The van der Waals surface area contributed by atoms with E-state index >= 15 is 0 Å². The lowest BCUT2D eigenvalue weighted by molar-refractivity contribution is -0.384. The molecule has 0 saturated carbocycles. The number of nitro groups is 1. The number of carbonyl (C=O) groups is 2. The Kier molecular flexibility index (Phi) is 5.91. The van der Waals surface area contributed by atoms with Crippen molar-refractivity contribution in [3.8, 4) is 11.5 Å². The molecule has 2 fully saturated rings. The highest BCUT2D eigenvalue weighted by molar-refractivity contribution is 6.12. The molecule has 0 radical (unpaired) electrons. The molecule has 2 saturated heterocycles. The summed E-state index contributed by atoms with van der Waals surface area (Å²) in [7, 11) is 3.05. The molecule has 3 aliphatic rings. The van der Waals surface area contributed by atoms with Crippen molar-refractivity contribution in [2.45, 2.75) is 37.3 Å². The van der Waals surface area contributed by atoms with Crippen LogP contribution in [0, 0.1) is 23.0 Å². The van der Waals surface area contributed by atoms with E-state index in [1.807, 2.05) is 25.1 Å². The normalized spacial score (nSPS) is 25.3. The molecule has 9 heteroatoms.